The molecule has 0 atom stereocenters. The average molecular weight is 235 g/mol. The van der Waals surface area contributed by atoms with E-state index in [0.717, 1.165) is 18.7 Å². The van der Waals surface area contributed by atoms with Gasteiger partial charge in [-0.2, -0.15) is 0 Å². The fourth-order valence-corrected chi connectivity index (χ4v) is 1.47. The maximum Gasteiger partial charge on any atom is 0.148 e. The molecule has 0 aliphatic carbocycles. The number of hydrogen-bond donors (Lipinski definition) is 1. The molecule has 0 saturated heterocycles. The lowest BCUT2D eigenvalue weighted by atomic mass is 10.3. The molecule has 2 heterocycles. The standard InChI is InChI=1S/C11H11ClN4/c12-10-7-13-8-16-11(10)15-6-4-9-3-1-2-5-14-9/h1-3,5,7-8H,4,6H2,(H,13,15,16). The molecule has 2 aromatic heterocycles. The summed E-state index contributed by atoms with van der Waals surface area (Å²) in [6.07, 6.45) is 5.65. The van der Waals surface area contributed by atoms with Gasteiger partial charge >= 0.3 is 0 Å². The highest BCUT2D eigenvalue weighted by atomic mass is 35.5. The van der Waals surface area contributed by atoms with Crippen molar-refractivity contribution in [1.82, 2.24) is 15.0 Å². The summed E-state index contributed by atoms with van der Waals surface area (Å²) in [6.45, 7) is 0.744. The number of anilines is 1. The summed E-state index contributed by atoms with van der Waals surface area (Å²) in [5.74, 6) is 0.660. The van der Waals surface area contributed by atoms with Gasteiger partial charge in [0, 0.05) is 24.9 Å². The third kappa shape index (κ3) is 2.90. The maximum atomic E-state index is 5.90. The lowest BCUT2D eigenvalue weighted by molar-refractivity contribution is 0.951. The van der Waals surface area contributed by atoms with Gasteiger partial charge in [0.25, 0.3) is 0 Å². The molecular formula is C11H11ClN4. The topological polar surface area (TPSA) is 50.7 Å². The zero-order chi connectivity index (χ0) is 11.2. The molecule has 2 rings (SSSR count). The van der Waals surface area contributed by atoms with Gasteiger partial charge < -0.3 is 5.32 Å². The van der Waals surface area contributed by atoms with Crippen LogP contribution < -0.4 is 5.32 Å². The second-order valence-corrected chi connectivity index (χ2v) is 3.62. The molecule has 0 unspecified atom stereocenters. The van der Waals surface area contributed by atoms with E-state index >= 15 is 0 Å². The van der Waals surface area contributed by atoms with E-state index in [4.69, 9.17) is 11.6 Å². The predicted molar refractivity (Wildman–Crippen MR) is 63.5 cm³/mol. The molecule has 4 nitrogen and oxygen atoms in total. The van der Waals surface area contributed by atoms with Crippen LogP contribution >= 0.6 is 11.6 Å². The van der Waals surface area contributed by atoms with Crippen LogP contribution in [0, 0.1) is 0 Å². The molecule has 2 aromatic rings. The van der Waals surface area contributed by atoms with Crippen LogP contribution in [0.1, 0.15) is 5.69 Å². The number of pyridine rings is 1. The molecule has 0 bridgehead atoms. The van der Waals surface area contributed by atoms with Crippen LogP contribution in [0.3, 0.4) is 0 Å². The Kier molecular flexibility index (Phi) is 3.66. The van der Waals surface area contributed by atoms with Gasteiger partial charge in [-0.3, -0.25) is 4.98 Å². The van der Waals surface area contributed by atoms with Crippen molar-refractivity contribution >= 4 is 17.4 Å². The van der Waals surface area contributed by atoms with E-state index in [1.807, 2.05) is 18.2 Å². The Morgan fingerprint density at radius 2 is 2.19 bits per heavy atom. The van der Waals surface area contributed by atoms with Gasteiger partial charge in [-0.25, -0.2) is 9.97 Å². The van der Waals surface area contributed by atoms with Gasteiger partial charge in [-0.15, -0.1) is 0 Å². The van der Waals surface area contributed by atoms with Crippen LogP contribution in [0.2, 0.25) is 5.02 Å². The minimum atomic E-state index is 0.531. The van der Waals surface area contributed by atoms with Crippen molar-refractivity contribution in [2.75, 3.05) is 11.9 Å². The fraction of sp³-hybridized carbons (Fsp3) is 0.182. The molecule has 16 heavy (non-hydrogen) atoms. The van der Waals surface area contributed by atoms with E-state index in [1.165, 1.54) is 6.33 Å². The zero-order valence-electron chi connectivity index (χ0n) is 8.60. The summed E-state index contributed by atoms with van der Waals surface area (Å²) in [5, 5.41) is 3.67. The maximum absolute atomic E-state index is 5.90. The number of halogens is 1. The molecule has 0 aliphatic rings. The first kappa shape index (κ1) is 10.8. The highest BCUT2D eigenvalue weighted by Crippen LogP contribution is 2.15. The molecule has 0 fully saturated rings. The lowest BCUT2D eigenvalue weighted by Gasteiger charge is -2.05. The average Bonchev–Trinajstić information content (AvgIpc) is 2.33. The predicted octanol–water partition coefficient (Wildman–Crippen LogP) is 2.18. The van der Waals surface area contributed by atoms with Gasteiger partial charge in [0.05, 0.1) is 6.20 Å². The molecule has 1 N–H and O–H groups in total. The number of nitrogens with zero attached hydrogens (tertiary/aromatic N) is 3. The van der Waals surface area contributed by atoms with E-state index in [0.29, 0.717) is 10.8 Å². The normalized spacial score (nSPS) is 10.1. The Morgan fingerprint density at radius 3 is 2.94 bits per heavy atom. The van der Waals surface area contributed by atoms with Gasteiger partial charge in [-0.05, 0) is 12.1 Å². The van der Waals surface area contributed by atoms with E-state index in [-0.39, 0.29) is 0 Å². The first-order valence-electron chi connectivity index (χ1n) is 4.95. The van der Waals surface area contributed by atoms with Crippen molar-refractivity contribution in [3.05, 3.63) is 47.6 Å². The van der Waals surface area contributed by atoms with Gasteiger partial charge in [0.2, 0.25) is 0 Å². The Hall–Kier alpha value is -1.68. The monoisotopic (exact) mass is 234 g/mol. The SMILES string of the molecule is Clc1cncnc1NCCc1ccccn1. The summed E-state index contributed by atoms with van der Waals surface area (Å²) in [4.78, 5) is 12.1. The smallest absolute Gasteiger partial charge is 0.148 e. The van der Waals surface area contributed by atoms with E-state index in [1.54, 1.807) is 12.4 Å². The third-order valence-corrected chi connectivity index (χ3v) is 2.34. The number of rotatable bonds is 4. The second kappa shape index (κ2) is 5.42. The molecule has 82 valence electrons. The van der Waals surface area contributed by atoms with Gasteiger partial charge in [0.15, 0.2) is 0 Å². The van der Waals surface area contributed by atoms with Crippen molar-refractivity contribution < 1.29 is 0 Å². The Bertz CT molecular complexity index is 447. The largest absolute Gasteiger partial charge is 0.368 e. The molecule has 0 aromatic carbocycles. The molecular weight excluding hydrogens is 224 g/mol. The quantitative estimate of drug-likeness (QED) is 0.881. The van der Waals surface area contributed by atoms with E-state index in [2.05, 4.69) is 20.3 Å². The number of aromatic nitrogens is 3. The van der Waals surface area contributed by atoms with Crippen LogP contribution in [-0.2, 0) is 6.42 Å². The highest BCUT2D eigenvalue weighted by molar-refractivity contribution is 6.32. The molecule has 0 saturated carbocycles. The molecule has 0 radical (unpaired) electrons. The zero-order valence-corrected chi connectivity index (χ0v) is 9.35. The molecule has 5 heteroatoms. The summed E-state index contributed by atoms with van der Waals surface area (Å²) >= 11 is 5.90. The molecule has 0 spiro atoms. The van der Waals surface area contributed by atoms with Crippen LogP contribution in [0.5, 0.6) is 0 Å². The Labute approximate surface area is 98.7 Å². The molecule has 0 aliphatic heterocycles. The van der Waals surface area contributed by atoms with Crippen molar-refractivity contribution in [1.29, 1.82) is 0 Å². The van der Waals surface area contributed by atoms with Crippen LogP contribution in [0.25, 0.3) is 0 Å². The fourth-order valence-electron chi connectivity index (χ4n) is 1.30. The molecule has 0 amide bonds. The van der Waals surface area contributed by atoms with Gasteiger partial charge in [-0.1, -0.05) is 17.7 Å². The van der Waals surface area contributed by atoms with E-state index in [9.17, 15) is 0 Å². The highest BCUT2D eigenvalue weighted by Gasteiger charge is 2.00. The summed E-state index contributed by atoms with van der Waals surface area (Å²) in [7, 11) is 0. The Morgan fingerprint density at radius 1 is 1.25 bits per heavy atom. The van der Waals surface area contributed by atoms with Crippen molar-refractivity contribution in [3.8, 4) is 0 Å². The van der Waals surface area contributed by atoms with Crippen molar-refractivity contribution in [2.24, 2.45) is 0 Å². The second-order valence-electron chi connectivity index (χ2n) is 3.22. The minimum absolute atomic E-state index is 0.531. The van der Waals surface area contributed by atoms with Crippen LogP contribution in [0.15, 0.2) is 36.9 Å². The first-order valence-corrected chi connectivity index (χ1v) is 5.33. The van der Waals surface area contributed by atoms with Crippen LogP contribution in [-0.4, -0.2) is 21.5 Å². The lowest BCUT2D eigenvalue weighted by Crippen LogP contribution is -2.07. The van der Waals surface area contributed by atoms with Gasteiger partial charge in [0.1, 0.15) is 17.2 Å². The van der Waals surface area contributed by atoms with Crippen molar-refractivity contribution in [3.63, 3.8) is 0 Å². The van der Waals surface area contributed by atoms with Crippen molar-refractivity contribution in [2.45, 2.75) is 6.42 Å². The number of hydrogen-bond acceptors (Lipinski definition) is 4. The number of nitrogens with one attached hydrogen (secondary N) is 1. The minimum Gasteiger partial charge on any atom is -0.368 e. The van der Waals surface area contributed by atoms with Crippen LogP contribution in [0.4, 0.5) is 5.82 Å². The summed E-state index contributed by atoms with van der Waals surface area (Å²) in [6, 6.07) is 5.86. The summed E-state index contributed by atoms with van der Waals surface area (Å²) < 4.78 is 0. The van der Waals surface area contributed by atoms with E-state index < -0.39 is 0 Å². The first-order chi connectivity index (χ1) is 7.86. The third-order valence-electron chi connectivity index (χ3n) is 2.07. The summed E-state index contributed by atoms with van der Waals surface area (Å²) in [5.41, 5.74) is 1.04. The Balaban J connectivity index is 1.87.